The van der Waals surface area contributed by atoms with Crippen molar-refractivity contribution >= 4 is 0 Å². The van der Waals surface area contributed by atoms with Crippen molar-refractivity contribution in [2.45, 2.75) is 32.4 Å². The summed E-state index contributed by atoms with van der Waals surface area (Å²) in [5.74, 6) is 0.708. The monoisotopic (exact) mass is 255 g/mol. The lowest BCUT2D eigenvalue weighted by atomic mass is 9.98. The van der Waals surface area contributed by atoms with Crippen LogP contribution in [0.15, 0.2) is 0 Å². The van der Waals surface area contributed by atoms with Gasteiger partial charge in [0.25, 0.3) is 0 Å². The van der Waals surface area contributed by atoms with Crippen LogP contribution in [0, 0.1) is 5.92 Å². The highest BCUT2D eigenvalue weighted by atomic mass is 16.5. The quantitative estimate of drug-likeness (QED) is 0.780. The summed E-state index contributed by atoms with van der Waals surface area (Å²) in [6.07, 6.45) is 1.22. The van der Waals surface area contributed by atoms with Crippen molar-refractivity contribution in [1.82, 2.24) is 15.1 Å². The molecule has 0 amide bonds. The average molecular weight is 255 g/mol. The molecule has 4 heteroatoms. The maximum Gasteiger partial charge on any atom is 0.0510 e. The van der Waals surface area contributed by atoms with Gasteiger partial charge in [-0.05, 0) is 26.9 Å². The van der Waals surface area contributed by atoms with Crippen LogP contribution < -0.4 is 5.32 Å². The second-order valence-corrected chi connectivity index (χ2v) is 5.88. The minimum Gasteiger partial charge on any atom is -0.381 e. The Morgan fingerprint density at radius 3 is 2.83 bits per heavy atom. The first-order valence-electron chi connectivity index (χ1n) is 7.44. The molecular formula is C14H29N3O. The van der Waals surface area contributed by atoms with Gasteiger partial charge in [0.2, 0.25) is 0 Å². The third kappa shape index (κ3) is 3.67. The van der Waals surface area contributed by atoms with Gasteiger partial charge in [-0.2, -0.15) is 0 Å². The first-order valence-corrected chi connectivity index (χ1v) is 7.44. The van der Waals surface area contributed by atoms with Crippen molar-refractivity contribution < 1.29 is 4.74 Å². The summed E-state index contributed by atoms with van der Waals surface area (Å²) in [7, 11) is 2.23. The van der Waals surface area contributed by atoms with Gasteiger partial charge in [0.05, 0.1) is 6.61 Å². The maximum atomic E-state index is 5.54. The molecule has 4 nitrogen and oxygen atoms in total. The van der Waals surface area contributed by atoms with Gasteiger partial charge in [-0.25, -0.2) is 0 Å². The average Bonchev–Trinajstić information content (AvgIpc) is 2.87. The van der Waals surface area contributed by atoms with E-state index < -0.39 is 0 Å². The predicted octanol–water partition coefficient (Wildman–Crippen LogP) is 0.637. The molecule has 0 aromatic heterocycles. The highest BCUT2D eigenvalue weighted by Gasteiger charge is 2.29. The van der Waals surface area contributed by atoms with Gasteiger partial charge in [0.1, 0.15) is 0 Å². The summed E-state index contributed by atoms with van der Waals surface area (Å²) in [6.45, 7) is 12.3. The predicted molar refractivity (Wildman–Crippen MR) is 74.9 cm³/mol. The highest BCUT2D eigenvalue weighted by molar-refractivity contribution is 4.85. The number of piperazine rings is 1. The third-order valence-electron chi connectivity index (χ3n) is 4.50. The number of rotatable bonds is 5. The van der Waals surface area contributed by atoms with Gasteiger partial charge >= 0.3 is 0 Å². The number of hydrogen-bond donors (Lipinski definition) is 1. The molecule has 0 aliphatic carbocycles. The summed E-state index contributed by atoms with van der Waals surface area (Å²) < 4.78 is 5.54. The van der Waals surface area contributed by atoms with Gasteiger partial charge in [0.15, 0.2) is 0 Å². The molecule has 1 N–H and O–H groups in total. The molecule has 18 heavy (non-hydrogen) atoms. The summed E-state index contributed by atoms with van der Waals surface area (Å²) >= 11 is 0. The van der Waals surface area contributed by atoms with E-state index in [9.17, 15) is 0 Å². The van der Waals surface area contributed by atoms with E-state index in [2.05, 4.69) is 36.0 Å². The summed E-state index contributed by atoms with van der Waals surface area (Å²) in [5.41, 5.74) is 0. The zero-order valence-electron chi connectivity index (χ0n) is 12.2. The van der Waals surface area contributed by atoms with E-state index in [1.54, 1.807) is 0 Å². The molecule has 3 atom stereocenters. The topological polar surface area (TPSA) is 27.7 Å². The molecule has 0 radical (unpaired) electrons. The van der Waals surface area contributed by atoms with Crippen molar-refractivity contribution in [1.29, 1.82) is 0 Å². The van der Waals surface area contributed by atoms with Crippen LogP contribution in [0.5, 0.6) is 0 Å². The number of hydrogen-bond acceptors (Lipinski definition) is 4. The normalized spacial score (nSPS) is 32.8. The Balaban J connectivity index is 1.84. The Morgan fingerprint density at radius 2 is 2.22 bits per heavy atom. The van der Waals surface area contributed by atoms with Crippen molar-refractivity contribution in [2.75, 3.05) is 53.0 Å². The number of ether oxygens (including phenoxy) is 1. The first kappa shape index (κ1) is 14.3. The van der Waals surface area contributed by atoms with Gasteiger partial charge in [-0.3, -0.25) is 4.90 Å². The molecule has 2 rings (SSSR count). The van der Waals surface area contributed by atoms with Crippen LogP contribution in [0.2, 0.25) is 0 Å². The smallest absolute Gasteiger partial charge is 0.0510 e. The van der Waals surface area contributed by atoms with Crippen molar-refractivity contribution in [3.05, 3.63) is 0 Å². The minimum atomic E-state index is 0.605. The molecule has 3 unspecified atom stereocenters. The summed E-state index contributed by atoms with van der Waals surface area (Å²) in [6, 6.07) is 1.29. The fraction of sp³-hybridized carbons (Fsp3) is 1.00. The van der Waals surface area contributed by atoms with Crippen molar-refractivity contribution in [3.8, 4) is 0 Å². The van der Waals surface area contributed by atoms with Crippen molar-refractivity contribution in [3.63, 3.8) is 0 Å². The lowest BCUT2D eigenvalue weighted by molar-refractivity contribution is 0.0872. The molecular weight excluding hydrogens is 226 g/mol. The van der Waals surface area contributed by atoms with E-state index in [0.717, 1.165) is 19.8 Å². The van der Waals surface area contributed by atoms with E-state index in [-0.39, 0.29) is 0 Å². The number of nitrogens with zero attached hydrogens (tertiary/aromatic N) is 2. The molecule has 0 saturated carbocycles. The standard InChI is InChI=1S/C14H29N3O/c1-4-15-14(13-5-8-18-11-13)10-17-7-6-16(3)12(2)9-17/h12-15H,4-11H2,1-3H3. The molecule has 0 aromatic carbocycles. The van der Waals surface area contributed by atoms with Crippen LogP contribution in [0.4, 0.5) is 0 Å². The van der Waals surface area contributed by atoms with Crippen LogP contribution >= 0.6 is 0 Å². The van der Waals surface area contributed by atoms with E-state index in [4.69, 9.17) is 4.74 Å². The molecule has 106 valence electrons. The van der Waals surface area contributed by atoms with Crippen molar-refractivity contribution in [2.24, 2.45) is 5.92 Å². The van der Waals surface area contributed by atoms with E-state index in [1.807, 2.05) is 0 Å². The molecule has 2 aliphatic rings. The first-order chi connectivity index (χ1) is 8.70. The van der Waals surface area contributed by atoms with Crippen LogP contribution in [0.25, 0.3) is 0 Å². The summed E-state index contributed by atoms with van der Waals surface area (Å²) in [4.78, 5) is 5.08. The SMILES string of the molecule is CCNC(CN1CCN(C)C(C)C1)C1CCOC1. The van der Waals surface area contributed by atoms with Gasteiger partial charge < -0.3 is 15.0 Å². The van der Waals surface area contributed by atoms with Crippen LogP contribution in [-0.2, 0) is 4.74 Å². The number of nitrogens with one attached hydrogen (secondary N) is 1. The van der Waals surface area contributed by atoms with E-state index >= 15 is 0 Å². The highest BCUT2D eigenvalue weighted by Crippen LogP contribution is 2.18. The number of likely N-dealkylation sites (N-methyl/N-ethyl adjacent to an activating group) is 2. The van der Waals surface area contributed by atoms with Gasteiger partial charge in [-0.15, -0.1) is 0 Å². The van der Waals surface area contributed by atoms with Crippen LogP contribution in [0.3, 0.4) is 0 Å². The van der Waals surface area contributed by atoms with Gasteiger partial charge in [0, 0.05) is 50.8 Å². The Kier molecular flexibility index (Phi) is 5.42. The molecule has 2 fully saturated rings. The molecule has 0 aromatic rings. The largest absolute Gasteiger partial charge is 0.381 e. The minimum absolute atomic E-state index is 0.605. The third-order valence-corrected chi connectivity index (χ3v) is 4.50. The zero-order chi connectivity index (χ0) is 13.0. The molecule has 0 bridgehead atoms. The summed E-state index contributed by atoms with van der Waals surface area (Å²) in [5, 5.41) is 3.66. The fourth-order valence-electron chi connectivity index (χ4n) is 3.08. The molecule has 0 spiro atoms. The Hall–Kier alpha value is -0.160. The zero-order valence-corrected chi connectivity index (χ0v) is 12.2. The van der Waals surface area contributed by atoms with Crippen LogP contribution in [0.1, 0.15) is 20.3 Å². The maximum absolute atomic E-state index is 5.54. The molecule has 2 aliphatic heterocycles. The Labute approximate surface area is 112 Å². The fourth-order valence-corrected chi connectivity index (χ4v) is 3.08. The second-order valence-electron chi connectivity index (χ2n) is 5.88. The van der Waals surface area contributed by atoms with Gasteiger partial charge in [-0.1, -0.05) is 6.92 Å². The van der Waals surface area contributed by atoms with Crippen LogP contribution in [-0.4, -0.2) is 74.9 Å². The Bertz CT molecular complexity index is 243. The lowest BCUT2D eigenvalue weighted by Gasteiger charge is -2.40. The van der Waals surface area contributed by atoms with E-state index in [0.29, 0.717) is 18.0 Å². The molecule has 2 heterocycles. The Morgan fingerprint density at radius 1 is 1.39 bits per heavy atom. The van der Waals surface area contributed by atoms with E-state index in [1.165, 1.54) is 32.6 Å². The second kappa shape index (κ2) is 6.85. The lowest BCUT2D eigenvalue weighted by Crippen LogP contribution is -2.54. The molecule has 2 saturated heterocycles.